The van der Waals surface area contributed by atoms with E-state index < -0.39 is 20.2 Å². The van der Waals surface area contributed by atoms with E-state index in [2.05, 4.69) is 0 Å². The molecule has 0 aliphatic carbocycles. The summed E-state index contributed by atoms with van der Waals surface area (Å²) < 4.78 is 74.4. The molecule has 1 unspecified atom stereocenters. The van der Waals surface area contributed by atoms with Crippen molar-refractivity contribution in [3.8, 4) is 0 Å². The van der Waals surface area contributed by atoms with Crippen molar-refractivity contribution < 1.29 is 40.2 Å². The first-order valence-electron chi connectivity index (χ1n) is 6.77. The summed E-state index contributed by atoms with van der Waals surface area (Å²) in [5.41, 5.74) is 0. The molecule has 9 nitrogen and oxygen atoms in total. The largest absolute Gasteiger partial charge is 0.379 e. The second-order valence-corrected chi connectivity index (χ2v) is 7.79. The van der Waals surface area contributed by atoms with E-state index in [1.165, 1.54) is 0 Å². The quantitative estimate of drug-likeness (QED) is 0.322. The number of hydrogen-bond acceptors (Lipinski definition) is 7. The van der Waals surface area contributed by atoms with Gasteiger partial charge in [0.1, 0.15) is 0 Å². The fraction of sp³-hybridized carbons (Fsp3) is 1.00. The molecule has 0 bridgehead atoms. The Hall–Kier alpha value is -0.300. The summed E-state index contributed by atoms with van der Waals surface area (Å²) in [5.74, 6) is -0.665. The van der Waals surface area contributed by atoms with Gasteiger partial charge in [-0.3, -0.25) is 9.11 Å². The van der Waals surface area contributed by atoms with Crippen molar-refractivity contribution in [1.29, 1.82) is 0 Å². The van der Waals surface area contributed by atoms with Crippen LogP contribution in [0.1, 0.15) is 19.8 Å². The third-order valence-electron chi connectivity index (χ3n) is 2.36. The highest BCUT2D eigenvalue weighted by Crippen LogP contribution is 1.96. The summed E-state index contributed by atoms with van der Waals surface area (Å²) >= 11 is 0. The van der Waals surface area contributed by atoms with Crippen molar-refractivity contribution in [1.82, 2.24) is 0 Å². The standard InChI is InChI=1S/C11H24O9S2/c1-11(10-19-5-3-9-22(15,16)17)20-7-6-18-4-2-8-21(12,13)14/h11H,2-10H2,1H3,(H,12,13,14)(H,15,16,17). The van der Waals surface area contributed by atoms with E-state index in [1.54, 1.807) is 6.92 Å². The van der Waals surface area contributed by atoms with Crippen LogP contribution in [0.25, 0.3) is 0 Å². The van der Waals surface area contributed by atoms with Gasteiger partial charge < -0.3 is 14.2 Å². The Morgan fingerprint density at radius 1 is 0.818 bits per heavy atom. The zero-order chi connectivity index (χ0) is 17.1. The van der Waals surface area contributed by atoms with Crippen LogP contribution in [-0.4, -0.2) is 76.6 Å². The molecule has 0 aliphatic rings. The fourth-order valence-electron chi connectivity index (χ4n) is 1.39. The van der Waals surface area contributed by atoms with Gasteiger partial charge in [-0.2, -0.15) is 16.8 Å². The van der Waals surface area contributed by atoms with Gasteiger partial charge in [-0.25, -0.2) is 0 Å². The zero-order valence-electron chi connectivity index (χ0n) is 12.5. The van der Waals surface area contributed by atoms with Gasteiger partial charge >= 0.3 is 0 Å². The number of rotatable bonds is 14. The van der Waals surface area contributed by atoms with Crippen molar-refractivity contribution in [3.63, 3.8) is 0 Å². The Morgan fingerprint density at radius 3 is 1.82 bits per heavy atom. The Balaban J connectivity index is 3.38. The molecule has 11 heteroatoms. The molecular formula is C11H24O9S2. The van der Waals surface area contributed by atoms with Gasteiger partial charge in [-0.05, 0) is 19.8 Å². The van der Waals surface area contributed by atoms with Crippen LogP contribution in [-0.2, 0) is 34.4 Å². The molecule has 0 amide bonds. The van der Waals surface area contributed by atoms with E-state index in [0.717, 1.165) is 0 Å². The first-order valence-corrected chi connectivity index (χ1v) is 9.99. The van der Waals surface area contributed by atoms with E-state index in [-0.39, 0.29) is 50.3 Å². The van der Waals surface area contributed by atoms with E-state index in [9.17, 15) is 16.8 Å². The van der Waals surface area contributed by atoms with Crippen molar-refractivity contribution >= 4 is 20.2 Å². The van der Waals surface area contributed by atoms with Crippen LogP contribution in [0.2, 0.25) is 0 Å². The van der Waals surface area contributed by atoms with Gasteiger partial charge in [0, 0.05) is 13.2 Å². The summed E-state index contributed by atoms with van der Waals surface area (Å²) in [6.07, 6.45) is 0.223. The Bertz CT molecular complexity index is 472. The molecule has 0 rings (SSSR count). The van der Waals surface area contributed by atoms with Crippen molar-refractivity contribution in [2.45, 2.75) is 25.9 Å². The Labute approximate surface area is 131 Å². The molecule has 2 N–H and O–H groups in total. The molecule has 0 aliphatic heterocycles. The summed E-state index contributed by atoms with van der Waals surface area (Å²) in [6, 6.07) is 0. The zero-order valence-corrected chi connectivity index (χ0v) is 14.1. The third kappa shape index (κ3) is 17.8. The summed E-state index contributed by atoms with van der Waals surface area (Å²) in [5, 5.41) is 0. The highest BCUT2D eigenvalue weighted by molar-refractivity contribution is 7.86. The average molecular weight is 364 g/mol. The van der Waals surface area contributed by atoms with Crippen molar-refractivity contribution in [2.24, 2.45) is 0 Å². The first-order chi connectivity index (χ1) is 10.1. The number of hydrogen-bond donors (Lipinski definition) is 2. The highest BCUT2D eigenvalue weighted by atomic mass is 32.2. The van der Waals surface area contributed by atoms with Gasteiger partial charge in [0.05, 0.1) is 37.4 Å². The van der Waals surface area contributed by atoms with Gasteiger partial charge in [0.25, 0.3) is 20.2 Å². The minimum absolute atomic E-state index is 0.202. The summed E-state index contributed by atoms with van der Waals surface area (Å²) in [4.78, 5) is 0. The third-order valence-corrected chi connectivity index (χ3v) is 3.97. The van der Waals surface area contributed by atoms with Crippen LogP contribution in [0.5, 0.6) is 0 Å². The molecule has 0 spiro atoms. The molecule has 134 valence electrons. The average Bonchev–Trinajstić information content (AvgIpc) is 2.34. The topological polar surface area (TPSA) is 136 Å². The predicted molar refractivity (Wildman–Crippen MR) is 79.1 cm³/mol. The first kappa shape index (κ1) is 21.7. The van der Waals surface area contributed by atoms with Gasteiger partial charge in [-0.1, -0.05) is 0 Å². The second kappa shape index (κ2) is 11.3. The monoisotopic (exact) mass is 364 g/mol. The molecule has 0 aromatic carbocycles. The Kier molecular flexibility index (Phi) is 11.1. The fourth-order valence-corrected chi connectivity index (χ4v) is 2.36. The maximum Gasteiger partial charge on any atom is 0.264 e. The minimum Gasteiger partial charge on any atom is -0.379 e. The van der Waals surface area contributed by atoms with E-state index in [4.69, 9.17) is 23.3 Å². The second-order valence-electron chi connectivity index (χ2n) is 4.65. The lowest BCUT2D eigenvalue weighted by atomic mass is 10.4. The molecule has 0 saturated heterocycles. The lowest BCUT2D eigenvalue weighted by Crippen LogP contribution is -2.20. The molecule has 0 aromatic rings. The lowest BCUT2D eigenvalue weighted by molar-refractivity contribution is -0.0294. The van der Waals surface area contributed by atoms with E-state index >= 15 is 0 Å². The van der Waals surface area contributed by atoms with Crippen LogP contribution < -0.4 is 0 Å². The maximum atomic E-state index is 10.4. The molecule has 0 aromatic heterocycles. The molecule has 0 fully saturated rings. The normalized spacial score (nSPS) is 14.1. The van der Waals surface area contributed by atoms with Crippen LogP contribution in [0.15, 0.2) is 0 Å². The molecule has 0 saturated carbocycles. The molecule has 22 heavy (non-hydrogen) atoms. The maximum absolute atomic E-state index is 10.4. The van der Waals surface area contributed by atoms with Gasteiger partial charge in [0.15, 0.2) is 0 Å². The van der Waals surface area contributed by atoms with Crippen LogP contribution in [0.4, 0.5) is 0 Å². The molecule has 0 radical (unpaired) electrons. The Morgan fingerprint density at radius 2 is 1.32 bits per heavy atom. The molecule has 0 heterocycles. The van der Waals surface area contributed by atoms with Crippen LogP contribution >= 0.6 is 0 Å². The van der Waals surface area contributed by atoms with E-state index in [0.29, 0.717) is 13.2 Å². The molecular weight excluding hydrogens is 340 g/mol. The van der Waals surface area contributed by atoms with E-state index in [1.807, 2.05) is 0 Å². The predicted octanol–water partition coefficient (Wildman–Crippen LogP) is -0.0195. The van der Waals surface area contributed by atoms with Crippen molar-refractivity contribution in [2.75, 3.05) is 44.5 Å². The smallest absolute Gasteiger partial charge is 0.264 e. The number of ether oxygens (including phenoxy) is 3. The molecule has 1 atom stereocenters. The SMILES string of the molecule is CC(COCCCS(=O)(=O)O)OCCOCCCS(=O)(=O)O. The highest BCUT2D eigenvalue weighted by Gasteiger charge is 2.06. The van der Waals surface area contributed by atoms with Crippen molar-refractivity contribution in [3.05, 3.63) is 0 Å². The summed E-state index contributed by atoms with van der Waals surface area (Å²) in [6.45, 7) is 3.08. The minimum atomic E-state index is -3.94. The van der Waals surface area contributed by atoms with Crippen LogP contribution in [0.3, 0.4) is 0 Å². The summed E-state index contributed by atoms with van der Waals surface area (Å²) in [7, 11) is -7.88. The van der Waals surface area contributed by atoms with Gasteiger partial charge in [-0.15, -0.1) is 0 Å². The van der Waals surface area contributed by atoms with Gasteiger partial charge in [0.2, 0.25) is 0 Å². The lowest BCUT2D eigenvalue weighted by Gasteiger charge is -2.13. The van der Waals surface area contributed by atoms with Crippen LogP contribution in [0, 0.1) is 0 Å².